The molecule has 3 nitrogen and oxygen atoms in total. The minimum atomic E-state index is -0.278. The lowest BCUT2D eigenvalue weighted by Gasteiger charge is -2.26. The van der Waals surface area contributed by atoms with Crippen molar-refractivity contribution in [1.82, 2.24) is 5.32 Å². The third kappa shape index (κ3) is 3.54. The summed E-state index contributed by atoms with van der Waals surface area (Å²) in [5.74, 6) is 0.322. The van der Waals surface area contributed by atoms with Crippen LogP contribution in [-0.4, -0.2) is 11.9 Å². The molecule has 0 bridgehead atoms. The van der Waals surface area contributed by atoms with Gasteiger partial charge in [-0.1, -0.05) is 33.1 Å². The van der Waals surface area contributed by atoms with Gasteiger partial charge in [-0.05, 0) is 18.8 Å². The Balaban J connectivity index is 2.48. The molecule has 1 aliphatic rings. The summed E-state index contributed by atoms with van der Waals surface area (Å²) >= 11 is 0. The Hall–Kier alpha value is -1.04. The van der Waals surface area contributed by atoms with E-state index in [1.165, 1.54) is 19.3 Å². The van der Waals surface area contributed by atoms with Crippen LogP contribution >= 0.6 is 0 Å². The maximum atomic E-state index is 11.5. The van der Waals surface area contributed by atoms with Gasteiger partial charge >= 0.3 is 0 Å². The van der Waals surface area contributed by atoms with Crippen LogP contribution < -0.4 is 5.32 Å². The van der Waals surface area contributed by atoms with Crippen LogP contribution in [0.15, 0.2) is 0 Å². The average Bonchev–Trinajstić information content (AvgIpc) is 2.26. The van der Waals surface area contributed by atoms with Gasteiger partial charge in [0.1, 0.15) is 6.04 Å². The van der Waals surface area contributed by atoms with Gasteiger partial charge in [-0.25, -0.2) is 0 Å². The SMILES string of the molecule is CC(C)C(=O)NC(C#N)C1CCCCC1. The van der Waals surface area contributed by atoms with Gasteiger partial charge in [0.25, 0.3) is 0 Å². The quantitative estimate of drug-likeness (QED) is 0.773. The number of carbonyl (C=O) groups is 1. The lowest BCUT2D eigenvalue weighted by Crippen LogP contribution is -2.41. The van der Waals surface area contributed by atoms with E-state index in [2.05, 4.69) is 11.4 Å². The van der Waals surface area contributed by atoms with Crippen molar-refractivity contribution in [3.8, 4) is 6.07 Å². The second-order valence-corrected chi connectivity index (χ2v) is 4.67. The van der Waals surface area contributed by atoms with E-state index in [4.69, 9.17) is 5.26 Å². The molecule has 15 heavy (non-hydrogen) atoms. The summed E-state index contributed by atoms with van der Waals surface area (Å²) in [6.07, 6.45) is 5.82. The van der Waals surface area contributed by atoms with Crippen molar-refractivity contribution in [3.63, 3.8) is 0 Å². The van der Waals surface area contributed by atoms with E-state index >= 15 is 0 Å². The molecule has 0 saturated heterocycles. The van der Waals surface area contributed by atoms with Gasteiger partial charge in [0.05, 0.1) is 6.07 Å². The van der Waals surface area contributed by atoms with Crippen molar-refractivity contribution in [2.24, 2.45) is 11.8 Å². The van der Waals surface area contributed by atoms with Crippen molar-refractivity contribution < 1.29 is 4.79 Å². The first-order valence-corrected chi connectivity index (χ1v) is 5.85. The fourth-order valence-electron chi connectivity index (χ4n) is 2.04. The van der Waals surface area contributed by atoms with Crippen molar-refractivity contribution in [2.45, 2.75) is 52.0 Å². The molecule has 0 aromatic carbocycles. The van der Waals surface area contributed by atoms with Crippen molar-refractivity contribution in [3.05, 3.63) is 0 Å². The molecule has 1 rings (SSSR count). The Labute approximate surface area is 91.9 Å². The molecule has 1 N–H and O–H groups in total. The van der Waals surface area contributed by atoms with Crippen LogP contribution in [0.1, 0.15) is 46.0 Å². The molecule has 0 radical (unpaired) electrons. The number of nitriles is 1. The summed E-state index contributed by atoms with van der Waals surface area (Å²) in [4.78, 5) is 11.5. The second-order valence-electron chi connectivity index (χ2n) is 4.67. The summed E-state index contributed by atoms with van der Waals surface area (Å²) in [5, 5.41) is 11.9. The van der Waals surface area contributed by atoms with Crippen LogP contribution in [0, 0.1) is 23.2 Å². The van der Waals surface area contributed by atoms with Crippen LogP contribution in [-0.2, 0) is 4.79 Å². The van der Waals surface area contributed by atoms with Gasteiger partial charge < -0.3 is 5.32 Å². The largest absolute Gasteiger partial charge is 0.340 e. The Morgan fingerprint density at radius 3 is 2.40 bits per heavy atom. The zero-order valence-electron chi connectivity index (χ0n) is 9.62. The maximum absolute atomic E-state index is 11.5. The van der Waals surface area contributed by atoms with Gasteiger partial charge in [-0.15, -0.1) is 0 Å². The number of carbonyl (C=O) groups excluding carboxylic acids is 1. The molecule has 1 aliphatic carbocycles. The zero-order valence-corrected chi connectivity index (χ0v) is 9.62. The molecule has 0 aromatic rings. The number of hydrogen-bond acceptors (Lipinski definition) is 2. The topological polar surface area (TPSA) is 52.9 Å². The molecular formula is C12H20N2O. The highest BCUT2D eigenvalue weighted by molar-refractivity contribution is 5.78. The van der Waals surface area contributed by atoms with Crippen molar-refractivity contribution >= 4 is 5.91 Å². The standard InChI is InChI=1S/C12H20N2O/c1-9(2)12(15)14-11(8-13)10-6-4-3-5-7-10/h9-11H,3-7H2,1-2H3,(H,14,15). The molecule has 0 aliphatic heterocycles. The monoisotopic (exact) mass is 208 g/mol. The van der Waals surface area contributed by atoms with Crippen LogP contribution in [0.25, 0.3) is 0 Å². The Morgan fingerprint density at radius 1 is 1.33 bits per heavy atom. The number of nitrogens with one attached hydrogen (secondary N) is 1. The van der Waals surface area contributed by atoms with E-state index in [0.717, 1.165) is 12.8 Å². The van der Waals surface area contributed by atoms with E-state index in [1.54, 1.807) is 0 Å². The summed E-state index contributed by atoms with van der Waals surface area (Å²) in [6, 6.07) is 1.95. The van der Waals surface area contributed by atoms with Crippen LogP contribution in [0.5, 0.6) is 0 Å². The molecule has 1 fully saturated rings. The highest BCUT2D eigenvalue weighted by Gasteiger charge is 2.25. The lowest BCUT2D eigenvalue weighted by molar-refractivity contribution is -0.124. The number of rotatable bonds is 3. The normalized spacial score (nSPS) is 19.6. The van der Waals surface area contributed by atoms with Crippen molar-refractivity contribution in [1.29, 1.82) is 5.26 Å². The Bertz CT molecular complexity index is 249. The first-order chi connectivity index (χ1) is 7.15. The maximum Gasteiger partial charge on any atom is 0.223 e. The van der Waals surface area contributed by atoms with Gasteiger partial charge in [0, 0.05) is 5.92 Å². The molecule has 1 unspecified atom stereocenters. The van der Waals surface area contributed by atoms with E-state index in [0.29, 0.717) is 5.92 Å². The van der Waals surface area contributed by atoms with E-state index in [1.807, 2.05) is 13.8 Å². The highest BCUT2D eigenvalue weighted by atomic mass is 16.1. The van der Waals surface area contributed by atoms with Crippen LogP contribution in [0.3, 0.4) is 0 Å². The van der Waals surface area contributed by atoms with Gasteiger partial charge in [0.2, 0.25) is 5.91 Å². The van der Waals surface area contributed by atoms with E-state index < -0.39 is 0 Å². The number of hydrogen-bond donors (Lipinski definition) is 1. The number of amides is 1. The Morgan fingerprint density at radius 2 is 1.93 bits per heavy atom. The number of nitrogens with zero attached hydrogens (tertiary/aromatic N) is 1. The minimum Gasteiger partial charge on any atom is -0.340 e. The third-order valence-electron chi connectivity index (χ3n) is 3.08. The molecule has 0 aromatic heterocycles. The average molecular weight is 208 g/mol. The van der Waals surface area contributed by atoms with E-state index in [-0.39, 0.29) is 17.9 Å². The highest BCUT2D eigenvalue weighted by Crippen LogP contribution is 2.26. The smallest absolute Gasteiger partial charge is 0.223 e. The molecule has 1 saturated carbocycles. The fraction of sp³-hybridized carbons (Fsp3) is 0.833. The summed E-state index contributed by atoms with van der Waals surface area (Å²) in [7, 11) is 0. The predicted octanol–water partition coefficient (Wildman–Crippen LogP) is 2.23. The lowest BCUT2D eigenvalue weighted by atomic mass is 9.84. The zero-order chi connectivity index (χ0) is 11.3. The van der Waals surface area contributed by atoms with Crippen LogP contribution in [0.2, 0.25) is 0 Å². The molecule has 0 spiro atoms. The predicted molar refractivity (Wildman–Crippen MR) is 59.0 cm³/mol. The molecule has 84 valence electrons. The van der Waals surface area contributed by atoms with Gasteiger partial charge in [-0.3, -0.25) is 4.79 Å². The third-order valence-corrected chi connectivity index (χ3v) is 3.08. The second kappa shape index (κ2) is 5.75. The molecule has 1 amide bonds. The Kier molecular flexibility index (Phi) is 4.61. The first kappa shape index (κ1) is 12.0. The van der Waals surface area contributed by atoms with Crippen molar-refractivity contribution in [2.75, 3.05) is 0 Å². The molecule has 0 heterocycles. The summed E-state index contributed by atoms with van der Waals surface area (Å²) in [5.41, 5.74) is 0. The molecule has 3 heteroatoms. The fourth-order valence-corrected chi connectivity index (χ4v) is 2.04. The molecular weight excluding hydrogens is 188 g/mol. The van der Waals surface area contributed by atoms with E-state index in [9.17, 15) is 4.79 Å². The van der Waals surface area contributed by atoms with Gasteiger partial charge in [0.15, 0.2) is 0 Å². The first-order valence-electron chi connectivity index (χ1n) is 5.85. The van der Waals surface area contributed by atoms with Crippen LogP contribution in [0.4, 0.5) is 0 Å². The minimum absolute atomic E-state index is 0.00729. The van der Waals surface area contributed by atoms with Gasteiger partial charge in [-0.2, -0.15) is 5.26 Å². The summed E-state index contributed by atoms with van der Waals surface area (Å²) in [6.45, 7) is 3.70. The summed E-state index contributed by atoms with van der Waals surface area (Å²) < 4.78 is 0. The molecule has 1 atom stereocenters.